The molecule has 1 rings (SSSR count). The Morgan fingerprint density at radius 2 is 2.27 bits per heavy atom. The Morgan fingerprint density at radius 1 is 1.60 bits per heavy atom. The second-order valence-corrected chi connectivity index (χ2v) is 5.51. The molecule has 3 N–H and O–H groups in total. The summed E-state index contributed by atoms with van der Waals surface area (Å²) in [6.45, 7) is 4.97. The van der Waals surface area contributed by atoms with Crippen molar-refractivity contribution in [2.45, 2.75) is 46.0 Å². The third-order valence-corrected chi connectivity index (χ3v) is 3.57. The fraction of sp³-hybridized carbons (Fsp3) is 0.917. The van der Waals surface area contributed by atoms with Gasteiger partial charge in [-0.05, 0) is 49.5 Å². The van der Waals surface area contributed by atoms with E-state index in [0.717, 1.165) is 19.3 Å². The molecule has 3 nitrogen and oxygen atoms in total. The number of rotatable bonds is 5. The lowest BCUT2D eigenvalue weighted by molar-refractivity contribution is -0.139. The molecule has 0 aromatic carbocycles. The van der Waals surface area contributed by atoms with Crippen molar-refractivity contribution in [2.24, 2.45) is 23.0 Å². The van der Waals surface area contributed by atoms with E-state index in [1.54, 1.807) is 0 Å². The number of hydrogen-bond donors (Lipinski definition) is 2. The maximum atomic E-state index is 10.8. The minimum absolute atomic E-state index is 0.106. The predicted octanol–water partition coefficient (Wildman–Crippen LogP) is 2.25. The van der Waals surface area contributed by atoms with Crippen LogP contribution in [-0.2, 0) is 4.79 Å². The highest BCUT2D eigenvalue weighted by molar-refractivity contribution is 5.67. The summed E-state index contributed by atoms with van der Waals surface area (Å²) in [7, 11) is 0. The molecule has 0 spiro atoms. The van der Waals surface area contributed by atoms with Gasteiger partial charge in [-0.2, -0.15) is 0 Å². The van der Waals surface area contributed by atoms with Gasteiger partial charge >= 0.3 is 5.97 Å². The second kappa shape index (κ2) is 4.97. The average molecular weight is 213 g/mol. The van der Waals surface area contributed by atoms with Gasteiger partial charge in [-0.3, -0.25) is 4.79 Å². The summed E-state index contributed by atoms with van der Waals surface area (Å²) >= 11 is 0. The van der Waals surface area contributed by atoms with Gasteiger partial charge in [0.1, 0.15) is 0 Å². The maximum absolute atomic E-state index is 10.8. The molecular formula is C12H23NO2. The zero-order valence-corrected chi connectivity index (χ0v) is 9.83. The smallest absolute Gasteiger partial charge is 0.303 e. The molecule has 1 saturated carbocycles. The van der Waals surface area contributed by atoms with Crippen LogP contribution in [0.5, 0.6) is 0 Å². The van der Waals surface area contributed by atoms with Crippen molar-refractivity contribution in [3.8, 4) is 0 Å². The van der Waals surface area contributed by atoms with E-state index in [4.69, 9.17) is 10.8 Å². The molecule has 88 valence electrons. The number of carboxylic acids is 1. The normalized spacial score (nSPS) is 31.1. The van der Waals surface area contributed by atoms with Gasteiger partial charge in [0.2, 0.25) is 0 Å². The van der Waals surface area contributed by atoms with Crippen LogP contribution in [0.2, 0.25) is 0 Å². The topological polar surface area (TPSA) is 63.3 Å². The van der Waals surface area contributed by atoms with Gasteiger partial charge in [0.15, 0.2) is 0 Å². The summed E-state index contributed by atoms with van der Waals surface area (Å²) in [6, 6.07) is 0. The van der Waals surface area contributed by atoms with E-state index in [1.807, 2.05) is 0 Å². The van der Waals surface area contributed by atoms with E-state index < -0.39 is 5.97 Å². The van der Waals surface area contributed by atoms with Crippen LogP contribution in [0.4, 0.5) is 0 Å². The van der Waals surface area contributed by atoms with E-state index in [-0.39, 0.29) is 11.8 Å². The summed E-state index contributed by atoms with van der Waals surface area (Å²) in [5.74, 6) is 0.687. The first kappa shape index (κ1) is 12.5. The Hall–Kier alpha value is -0.570. The lowest BCUT2D eigenvalue weighted by Gasteiger charge is -2.25. The molecule has 0 amide bonds. The summed E-state index contributed by atoms with van der Waals surface area (Å²) in [4.78, 5) is 10.8. The molecule has 2 unspecified atom stereocenters. The van der Waals surface area contributed by atoms with E-state index in [1.165, 1.54) is 6.42 Å². The molecule has 0 aromatic rings. The van der Waals surface area contributed by atoms with E-state index in [2.05, 4.69) is 13.8 Å². The van der Waals surface area contributed by atoms with Gasteiger partial charge in [0.25, 0.3) is 0 Å². The highest BCUT2D eigenvalue weighted by Gasteiger charge is 2.39. The standard InChI is InChI=1S/C12H23NO2/c1-9(2)5-10-3-4-12(6-10,8-13)7-11(14)15/h9-10H,3-8,13H2,1-2H3,(H,14,15). The largest absolute Gasteiger partial charge is 0.481 e. The lowest BCUT2D eigenvalue weighted by Crippen LogP contribution is -2.30. The lowest BCUT2D eigenvalue weighted by atomic mass is 9.81. The molecule has 15 heavy (non-hydrogen) atoms. The van der Waals surface area contributed by atoms with Crippen LogP contribution < -0.4 is 5.73 Å². The molecule has 1 aliphatic rings. The minimum Gasteiger partial charge on any atom is -0.481 e. The van der Waals surface area contributed by atoms with Gasteiger partial charge in [-0.25, -0.2) is 0 Å². The Kier molecular flexibility index (Phi) is 4.14. The fourth-order valence-electron chi connectivity index (χ4n) is 2.93. The molecular weight excluding hydrogens is 190 g/mol. The molecule has 1 fully saturated rings. The quantitative estimate of drug-likeness (QED) is 0.736. The number of carbonyl (C=O) groups is 1. The van der Waals surface area contributed by atoms with E-state index >= 15 is 0 Å². The third-order valence-electron chi connectivity index (χ3n) is 3.57. The molecule has 0 radical (unpaired) electrons. The van der Waals surface area contributed by atoms with Gasteiger partial charge in [0.05, 0.1) is 6.42 Å². The Labute approximate surface area is 92.0 Å². The van der Waals surface area contributed by atoms with Crippen molar-refractivity contribution in [1.29, 1.82) is 0 Å². The summed E-state index contributed by atoms with van der Waals surface area (Å²) < 4.78 is 0. The average Bonchev–Trinajstić information content (AvgIpc) is 2.47. The molecule has 2 atom stereocenters. The summed E-state index contributed by atoms with van der Waals surface area (Å²) in [6.07, 6.45) is 4.61. The van der Waals surface area contributed by atoms with Crippen molar-refractivity contribution in [3.63, 3.8) is 0 Å². The SMILES string of the molecule is CC(C)CC1CCC(CN)(CC(=O)O)C1. The van der Waals surface area contributed by atoms with Crippen molar-refractivity contribution in [2.75, 3.05) is 6.54 Å². The van der Waals surface area contributed by atoms with E-state index in [9.17, 15) is 4.79 Å². The van der Waals surface area contributed by atoms with Crippen molar-refractivity contribution < 1.29 is 9.90 Å². The second-order valence-electron chi connectivity index (χ2n) is 5.51. The Bertz CT molecular complexity index is 228. The Morgan fingerprint density at radius 3 is 2.73 bits per heavy atom. The number of hydrogen-bond acceptors (Lipinski definition) is 2. The zero-order chi connectivity index (χ0) is 11.5. The highest BCUT2D eigenvalue weighted by atomic mass is 16.4. The van der Waals surface area contributed by atoms with Gasteiger partial charge < -0.3 is 10.8 Å². The first-order valence-electron chi connectivity index (χ1n) is 5.89. The Balaban J connectivity index is 2.52. The van der Waals surface area contributed by atoms with Crippen molar-refractivity contribution in [3.05, 3.63) is 0 Å². The van der Waals surface area contributed by atoms with Crippen LogP contribution in [0.3, 0.4) is 0 Å². The first-order valence-corrected chi connectivity index (χ1v) is 5.89. The molecule has 0 heterocycles. The number of nitrogens with two attached hydrogens (primary N) is 1. The molecule has 0 bridgehead atoms. The fourth-order valence-corrected chi connectivity index (χ4v) is 2.93. The van der Waals surface area contributed by atoms with Crippen LogP contribution >= 0.6 is 0 Å². The molecule has 0 aromatic heterocycles. The third kappa shape index (κ3) is 3.49. The zero-order valence-electron chi connectivity index (χ0n) is 9.83. The van der Waals surface area contributed by atoms with Crippen LogP contribution in [-0.4, -0.2) is 17.6 Å². The molecule has 0 aliphatic heterocycles. The van der Waals surface area contributed by atoms with Crippen LogP contribution in [0.15, 0.2) is 0 Å². The minimum atomic E-state index is -0.703. The summed E-state index contributed by atoms with van der Waals surface area (Å²) in [5.41, 5.74) is 5.64. The van der Waals surface area contributed by atoms with Gasteiger partial charge in [0, 0.05) is 0 Å². The van der Waals surface area contributed by atoms with Crippen LogP contribution in [0.25, 0.3) is 0 Å². The van der Waals surface area contributed by atoms with Crippen LogP contribution in [0, 0.1) is 17.3 Å². The van der Waals surface area contributed by atoms with E-state index in [0.29, 0.717) is 18.4 Å². The molecule has 0 saturated heterocycles. The molecule has 3 heteroatoms. The molecule has 1 aliphatic carbocycles. The maximum Gasteiger partial charge on any atom is 0.303 e. The van der Waals surface area contributed by atoms with Crippen molar-refractivity contribution in [1.82, 2.24) is 0 Å². The first-order chi connectivity index (χ1) is 6.97. The number of carboxylic acid groups (broad SMARTS) is 1. The monoisotopic (exact) mass is 213 g/mol. The number of aliphatic carboxylic acids is 1. The van der Waals surface area contributed by atoms with Crippen LogP contribution in [0.1, 0.15) is 46.0 Å². The predicted molar refractivity (Wildman–Crippen MR) is 60.5 cm³/mol. The highest BCUT2D eigenvalue weighted by Crippen LogP contribution is 2.45. The van der Waals surface area contributed by atoms with Crippen molar-refractivity contribution >= 4 is 5.97 Å². The summed E-state index contributed by atoms with van der Waals surface area (Å²) in [5, 5.41) is 8.88. The van der Waals surface area contributed by atoms with Gasteiger partial charge in [-0.1, -0.05) is 13.8 Å². The van der Waals surface area contributed by atoms with Gasteiger partial charge in [-0.15, -0.1) is 0 Å².